The van der Waals surface area contributed by atoms with Gasteiger partial charge in [-0.05, 0) is 24.5 Å². The predicted molar refractivity (Wildman–Crippen MR) is 128 cm³/mol. The highest BCUT2D eigenvalue weighted by atomic mass is 35.5. The Hall–Kier alpha value is -2.89. The fourth-order valence-electron chi connectivity index (χ4n) is 4.08. The molecule has 0 saturated carbocycles. The van der Waals surface area contributed by atoms with Crippen LogP contribution in [0.2, 0.25) is 5.15 Å². The third kappa shape index (κ3) is 5.60. The number of unbranched alkanes of at least 4 members (excludes halogenated alkanes) is 6. The van der Waals surface area contributed by atoms with Gasteiger partial charge in [-0.3, -0.25) is 9.36 Å². The van der Waals surface area contributed by atoms with Crippen LogP contribution in [0.1, 0.15) is 77.3 Å². The largest absolute Gasteiger partial charge is 0.461 e. The maximum absolute atomic E-state index is 11.7. The van der Waals surface area contributed by atoms with Gasteiger partial charge in [-0.2, -0.15) is 0 Å². The Morgan fingerprint density at radius 1 is 1.24 bits per heavy atom. The summed E-state index contributed by atoms with van der Waals surface area (Å²) < 4.78 is 18.8. The van der Waals surface area contributed by atoms with Crippen LogP contribution in [0, 0.1) is 11.8 Å². The van der Waals surface area contributed by atoms with Gasteiger partial charge in [-0.1, -0.05) is 56.5 Å². The molecule has 3 aromatic heterocycles. The molecule has 4 heterocycles. The Morgan fingerprint density at radius 2 is 2.06 bits per heavy atom. The normalized spacial score (nSPS) is 17.6. The fourth-order valence-corrected chi connectivity index (χ4v) is 4.29. The Kier molecular flexibility index (Phi) is 8.20. The van der Waals surface area contributed by atoms with Gasteiger partial charge >= 0.3 is 5.97 Å². The highest BCUT2D eigenvalue weighted by Crippen LogP contribution is 2.36. The summed E-state index contributed by atoms with van der Waals surface area (Å²) in [6, 6.07) is 3.56. The van der Waals surface area contributed by atoms with Crippen molar-refractivity contribution in [2.24, 2.45) is 0 Å². The quantitative estimate of drug-likeness (QED) is 0.166. The van der Waals surface area contributed by atoms with E-state index < -0.39 is 12.3 Å². The summed E-state index contributed by atoms with van der Waals surface area (Å²) in [7, 11) is 0. The molecule has 34 heavy (non-hydrogen) atoms. The van der Waals surface area contributed by atoms with Crippen molar-refractivity contribution in [2.75, 3.05) is 6.61 Å². The number of hydrogen-bond acceptors (Lipinski definition) is 7. The lowest BCUT2D eigenvalue weighted by Gasteiger charge is -2.21. The first-order valence-corrected chi connectivity index (χ1v) is 12.2. The monoisotopic (exact) mass is 484 g/mol. The van der Waals surface area contributed by atoms with E-state index in [1.165, 1.54) is 39.0 Å². The second-order valence-corrected chi connectivity index (χ2v) is 8.67. The maximum atomic E-state index is 11.7. The van der Waals surface area contributed by atoms with Crippen LogP contribution in [0.5, 0.6) is 0 Å². The number of furan rings is 1. The Balaban J connectivity index is 1.64. The summed E-state index contributed by atoms with van der Waals surface area (Å²) in [6.07, 6.45) is 9.06. The minimum Gasteiger partial charge on any atom is -0.461 e. The van der Waals surface area contributed by atoms with E-state index in [-0.39, 0.29) is 11.1 Å². The number of esters is 1. The number of aromatic nitrogens is 4. The molecule has 0 aromatic carbocycles. The lowest BCUT2D eigenvalue weighted by Crippen LogP contribution is -2.25. The topological polar surface area (TPSA) is 92.3 Å². The van der Waals surface area contributed by atoms with E-state index in [4.69, 9.17) is 25.5 Å². The Morgan fingerprint density at radius 3 is 2.82 bits per heavy atom. The van der Waals surface area contributed by atoms with Gasteiger partial charge in [0.1, 0.15) is 11.6 Å². The minimum atomic E-state index is -0.621. The number of halogens is 1. The van der Waals surface area contributed by atoms with Gasteiger partial charge in [0, 0.05) is 19.8 Å². The van der Waals surface area contributed by atoms with Crippen molar-refractivity contribution in [3.8, 4) is 23.4 Å². The van der Waals surface area contributed by atoms with Crippen LogP contribution < -0.4 is 0 Å². The number of imidazole rings is 1. The van der Waals surface area contributed by atoms with Crippen molar-refractivity contribution in [2.45, 2.75) is 77.5 Å². The third-order valence-electron chi connectivity index (χ3n) is 5.68. The molecule has 0 N–H and O–H groups in total. The van der Waals surface area contributed by atoms with Gasteiger partial charge in [0.05, 0.1) is 12.9 Å². The first-order valence-electron chi connectivity index (χ1n) is 11.9. The van der Waals surface area contributed by atoms with Gasteiger partial charge in [-0.15, -0.1) is 0 Å². The van der Waals surface area contributed by atoms with E-state index in [0.29, 0.717) is 41.6 Å². The van der Waals surface area contributed by atoms with Crippen LogP contribution in [0.4, 0.5) is 0 Å². The minimum absolute atomic E-state index is 0.197. The molecular formula is C25H29ClN4O4. The molecule has 0 spiro atoms. The lowest BCUT2D eigenvalue weighted by atomic mass is 10.1. The van der Waals surface area contributed by atoms with E-state index in [1.54, 1.807) is 23.0 Å². The molecular weight excluding hydrogens is 456 g/mol. The van der Waals surface area contributed by atoms with Crippen LogP contribution >= 0.6 is 11.6 Å². The number of rotatable bonds is 9. The van der Waals surface area contributed by atoms with Crippen molar-refractivity contribution in [1.82, 2.24) is 19.5 Å². The van der Waals surface area contributed by atoms with Crippen LogP contribution in [-0.4, -0.2) is 38.2 Å². The molecule has 1 aliphatic heterocycles. The van der Waals surface area contributed by atoms with E-state index in [0.717, 1.165) is 12.8 Å². The number of ether oxygens (including phenoxy) is 2. The Bertz CT molecular complexity index is 1180. The van der Waals surface area contributed by atoms with Gasteiger partial charge in [0.2, 0.25) is 5.82 Å². The van der Waals surface area contributed by atoms with Crippen LogP contribution in [0.3, 0.4) is 0 Å². The third-order valence-corrected chi connectivity index (χ3v) is 5.94. The highest BCUT2D eigenvalue weighted by molar-refractivity contribution is 6.33. The number of fused-ring (bicyclic) bond motifs is 1. The van der Waals surface area contributed by atoms with Crippen LogP contribution in [0.15, 0.2) is 22.8 Å². The average molecular weight is 485 g/mol. The van der Waals surface area contributed by atoms with Crippen LogP contribution in [-0.2, 0) is 14.3 Å². The lowest BCUT2D eigenvalue weighted by molar-refractivity contribution is -0.151. The smallest absolute Gasteiger partial charge is 0.303 e. The van der Waals surface area contributed by atoms with Crippen LogP contribution in [0.25, 0.3) is 22.7 Å². The van der Waals surface area contributed by atoms with E-state index in [9.17, 15) is 4.79 Å². The number of hydrogen-bond donors (Lipinski definition) is 0. The molecule has 1 saturated heterocycles. The van der Waals surface area contributed by atoms with Gasteiger partial charge in [0.25, 0.3) is 0 Å². The molecule has 0 radical (unpaired) electrons. The summed E-state index contributed by atoms with van der Waals surface area (Å²) in [5, 5.41) is 0.197. The first-order chi connectivity index (χ1) is 16.6. The van der Waals surface area contributed by atoms with E-state index >= 15 is 0 Å². The summed E-state index contributed by atoms with van der Waals surface area (Å²) in [5.41, 5.74) is 0.867. The second-order valence-electron chi connectivity index (χ2n) is 8.31. The van der Waals surface area contributed by atoms with E-state index in [2.05, 4.69) is 33.7 Å². The van der Waals surface area contributed by atoms with Crippen molar-refractivity contribution < 1.29 is 18.7 Å². The summed E-state index contributed by atoms with van der Waals surface area (Å²) in [5.74, 6) is 7.12. The van der Waals surface area contributed by atoms with Gasteiger partial charge < -0.3 is 13.9 Å². The molecule has 180 valence electrons. The average Bonchev–Trinajstić information content (AvgIpc) is 3.55. The molecule has 0 amide bonds. The molecule has 2 atom stereocenters. The molecule has 0 bridgehead atoms. The molecule has 3 aromatic rings. The molecule has 1 fully saturated rings. The maximum Gasteiger partial charge on any atom is 0.303 e. The van der Waals surface area contributed by atoms with Crippen molar-refractivity contribution in [1.29, 1.82) is 0 Å². The summed E-state index contributed by atoms with van der Waals surface area (Å²) in [6.45, 7) is 4.03. The predicted octanol–water partition coefficient (Wildman–Crippen LogP) is 5.69. The van der Waals surface area contributed by atoms with Crippen molar-refractivity contribution >= 4 is 28.7 Å². The van der Waals surface area contributed by atoms with Gasteiger partial charge in [-0.25, -0.2) is 15.0 Å². The standard InChI is InChI=1S/C25H29ClN4O4/c1-3-4-5-6-7-8-9-10-13-20-27-22(26)21-24(28-20)30(23(29-21)18-12-11-15-32-18)25-19(14-16-33-25)34-17(2)31/h11-12,15,19,25H,3-9,14,16H2,1-2H3/t19-,25-/m1/s1. The number of nitrogens with zero attached hydrogens (tertiary/aromatic N) is 4. The second kappa shape index (κ2) is 11.5. The van der Waals surface area contributed by atoms with Gasteiger partial charge in [0.15, 0.2) is 28.6 Å². The molecule has 1 aliphatic rings. The zero-order valence-electron chi connectivity index (χ0n) is 19.6. The van der Waals surface area contributed by atoms with E-state index in [1.807, 2.05) is 0 Å². The zero-order valence-corrected chi connectivity index (χ0v) is 20.3. The molecule has 4 rings (SSSR count). The zero-order chi connectivity index (χ0) is 23.9. The number of carbonyl (C=O) groups is 1. The summed E-state index contributed by atoms with van der Waals surface area (Å²) in [4.78, 5) is 25.3. The highest BCUT2D eigenvalue weighted by Gasteiger charge is 2.36. The fraction of sp³-hybridized carbons (Fsp3) is 0.520. The SMILES string of the molecule is CCCCCCCCC#Cc1nc(Cl)c2nc(-c3ccco3)n([C@@H]3OCC[C@H]3OC(C)=O)c2n1. The van der Waals surface area contributed by atoms with Crippen molar-refractivity contribution in [3.05, 3.63) is 29.4 Å². The molecule has 0 unspecified atom stereocenters. The Labute approximate surface area is 204 Å². The number of carbonyl (C=O) groups excluding carboxylic acids is 1. The first kappa shape index (κ1) is 24.2. The molecule has 8 nitrogen and oxygen atoms in total. The summed E-state index contributed by atoms with van der Waals surface area (Å²) >= 11 is 6.50. The molecule has 0 aliphatic carbocycles. The van der Waals surface area contributed by atoms with Crippen molar-refractivity contribution in [3.63, 3.8) is 0 Å². The molecule has 9 heteroatoms.